The Morgan fingerprint density at radius 3 is 2.47 bits per heavy atom. The third-order valence-electron chi connectivity index (χ3n) is 4.05. The van der Waals surface area contributed by atoms with Crippen LogP contribution in [0.5, 0.6) is 11.5 Å². The van der Waals surface area contributed by atoms with Gasteiger partial charge in [0.05, 0.1) is 17.6 Å². The lowest BCUT2D eigenvalue weighted by Crippen LogP contribution is -2.47. The van der Waals surface area contributed by atoms with Crippen molar-refractivity contribution in [2.24, 2.45) is 0 Å². The molecule has 3 N–H and O–H groups in total. The van der Waals surface area contributed by atoms with Crippen molar-refractivity contribution in [2.45, 2.75) is 0 Å². The summed E-state index contributed by atoms with van der Waals surface area (Å²) in [6.45, 7) is -0.564. The molecule has 3 rings (SSSR count). The zero-order chi connectivity index (χ0) is 21.7. The molecular formula is C20H17N3O6S. The number of ether oxygens (including phenoxy) is 1. The molecule has 0 saturated carbocycles. The van der Waals surface area contributed by atoms with E-state index in [-0.39, 0.29) is 16.2 Å². The number of phenolic OH excluding ortho intramolecular Hbond substituents is 1. The molecule has 0 radical (unpaired) electrons. The van der Waals surface area contributed by atoms with Crippen molar-refractivity contribution in [3.8, 4) is 11.5 Å². The summed E-state index contributed by atoms with van der Waals surface area (Å²) in [5, 5.41) is 9.04. The predicted molar refractivity (Wildman–Crippen MR) is 109 cm³/mol. The van der Waals surface area contributed by atoms with E-state index in [1.165, 1.54) is 19.2 Å². The highest BCUT2D eigenvalue weighted by Crippen LogP contribution is 2.32. The molecule has 2 aromatic rings. The van der Waals surface area contributed by atoms with Crippen LogP contribution < -0.4 is 15.6 Å². The Hall–Kier alpha value is -3.79. The molecule has 0 unspecified atom stereocenters. The topological polar surface area (TPSA) is 125 Å². The van der Waals surface area contributed by atoms with Crippen molar-refractivity contribution in [1.29, 1.82) is 0 Å². The molecule has 1 aliphatic rings. The number of nitrogens with zero attached hydrogens (tertiary/aromatic N) is 1. The summed E-state index contributed by atoms with van der Waals surface area (Å²) < 4.78 is 5.07. The monoisotopic (exact) mass is 427 g/mol. The average Bonchev–Trinajstić information content (AvgIpc) is 3.00. The fourth-order valence-corrected chi connectivity index (χ4v) is 3.37. The predicted octanol–water partition coefficient (Wildman–Crippen LogP) is 1.90. The molecule has 0 bridgehead atoms. The van der Waals surface area contributed by atoms with Crippen LogP contribution in [0.3, 0.4) is 0 Å². The van der Waals surface area contributed by atoms with Crippen LogP contribution in [-0.2, 0) is 9.59 Å². The van der Waals surface area contributed by atoms with Crippen molar-refractivity contribution in [3.05, 3.63) is 64.6 Å². The maximum atomic E-state index is 12.5. The summed E-state index contributed by atoms with van der Waals surface area (Å²) in [4.78, 5) is 49.6. The molecule has 4 amide bonds. The van der Waals surface area contributed by atoms with Crippen LogP contribution in [-0.4, -0.2) is 46.6 Å². The average molecular weight is 427 g/mol. The first-order valence-electron chi connectivity index (χ1n) is 8.65. The zero-order valence-corrected chi connectivity index (χ0v) is 16.6. The number of hydrazine groups is 1. The molecule has 154 valence electrons. The van der Waals surface area contributed by atoms with Gasteiger partial charge in [0.25, 0.3) is 23.0 Å². The molecule has 9 nitrogen and oxygen atoms in total. The van der Waals surface area contributed by atoms with Gasteiger partial charge in [-0.05, 0) is 47.7 Å². The number of hydrogen-bond acceptors (Lipinski definition) is 7. The molecule has 1 aliphatic heterocycles. The third kappa shape index (κ3) is 4.78. The highest BCUT2D eigenvalue weighted by molar-refractivity contribution is 8.18. The maximum Gasteiger partial charge on any atom is 0.294 e. The van der Waals surface area contributed by atoms with E-state index in [1.54, 1.807) is 42.5 Å². The minimum atomic E-state index is -0.772. The van der Waals surface area contributed by atoms with Crippen LogP contribution in [0.15, 0.2) is 53.4 Å². The normalized spacial score (nSPS) is 14.7. The summed E-state index contributed by atoms with van der Waals surface area (Å²) in [6.07, 6.45) is 1.54. The Morgan fingerprint density at radius 1 is 1.10 bits per heavy atom. The van der Waals surface area contributed by atoms with Crippen molar-refractivity contribution < 1.29 is 29.0 Å². The molecule has 0 aliphatic carbocycles. The number of imide groups is 1. The summed E-state index contributed by atoms with van der Waals surface area (Å²) in [5.41, 5.74) is 4.90. The van der Waals surface area contributed by atoms with Gasteiger partial charge < -0.3 is 9.84 Å². The second-order valence-corrected chi connectivity index (χ2v) is 7.05. The first-order valence-corrected chi connectivity index (χ1v) is 9.47. The second kappa shape index (κ2) is 9.14. The van der Waals surface area contributed by atoms with Crippen LogP contribution in [0.4, 0.5) is 4.79 Å². The van der Waals surface area contributed by atoms with Gasteiger partial charge in [0, 0.05) is 0 Å². The van der Waals surface area contributed by atoms with Crippen LogP contribution in [0.1, 0.15) is 15.9 Å². The second-order valence-electron chi connectivity index (χ2n) is 6.06. The SMILES string of the molecule is COc1ccc(C=C2SC(=O)N(CC(=O)NNC(=O)c3ccccc3O)C2=O)cc1. The number of methoxy groups -OCH3 is 1. The van der Waals surface area contributed by atoms with Gasteiger partial charge in [0.1, 0.15) is 18.0 Å². The Balaban J connectivity index is 1.59. The number of para-hydroxylation sites is 1. The van der Waals surface area contributed by atoms with Gasteiger partial charge in [0.15, 0.2) is 0 Å². The largest absolute Gasteiger partial charge is 0.507 e. The van der Waals surface area contributed by atoms with Crippen molar-refractivity contribution in [3.63, 3.8) is 0 Å². The highest BCUT2D eigenvalue weighted by atomic mass is 32.2. The number of rotatable bonds is 5. The van der Waals surface area contributed by atoms with Crippen molar-refractivity contribution in [1.82, 2.24) is 15.8 Å². The number of carbonyl (C=O) groups is 4. The maximum absolute atomic E-state index is 12.5. The number of nitrogens with one attached hydrogen (secondary N) is 2. The van der Waals surface area contributed by atoms with Gasteiger partial charge in [-0.15, -0.1) is 0 Å². The van der Waals surface area contributed by atoms with Gasteiger partial charge in [-0.3, -0.25) is 34.9 Å². The lowest BCUT2D eigenvalue weighted by molar-refractivity contribution is -0.129. The van der Waals surface area contributed by atoms with E-state index in [4.69, 9.17) is 4.74 Å². The Bertz CT molecular complexity index is 1040. The van der Waals surface area contributed by atoms with Gasteiger partial charge in [-0.1, -0.05) is 24.3 Å². The minimum absolute atomic E-state index is 0.0357. The molecule has 10 heteroatoms. The lowest BCUT2D eigenvalue weighted by atomic mass is 10.2. The number of aromatic hydroxyl groups is 1. The van der Waals surface area contributed by atoms with Gasteiger partial charge in [-0.25, -0.2) is 0 Å². The summed E-state index contributed by atoms with van der Waals surface area (Å²) in [7, 11) is 1.54. The molecule has 30 heavy (non-hydrogen) atoms. The van der Waals surface area contributed by atoms with E-state index in [2.05, 4.69) is 10.9 Å². The molecular weight excluding hydrogens is 410 g/mol. The van der Waals surface area contributed by atoms with Crippen molar-refractivity contribution in [2.75, 3.05) is 13.7 Å². The molecule has 1 heterocycles. The molecule has 0 spiro atoms. The zero-order valence-electron chi connectivity index (χ0n) is 15.7. The number of amides is 4. The first kappa shape index (κ1) is 20.9. The van der Waals surface area contributed by atoms with Gasteiger partial charge in [-0.2, -0.15) is 0 Å². The Kier molecular flexibility index (Phi) is 6.38. The molecule has 1 fully saturated rings. The van der Waals surface area contributed by atoms with E-state index < -0.39 is 29.5 Å². The van der Waals surface area contributed by atoms with E-state index in [9.17, 15) is 24.3 Å². The molecule has 1 saturated heterocycles. The van der Waals surface area contributed by atoms with E-state index in [0.717, 1.165) is 16.7 Å². The molecule has 0 aromatic heterocycles. The van der Waals surface area contributed by atoms with Crippen LogP contribution in [0, 0.1) is 0 Å². The third-order valence-corrected chi connectivity index (χ3v) is 4.96. The first-order chi connectivity index (χ1) is 14.4. The Morgan fingerprint density at radius 2 is 1.80 bits per heavy atom. The molecule has 0 atom stereocenters. The summed E-state index contributed by atoms with van der Waals surface area (Å²) >= 11 is 0.719. The number of hydrogen-bond donors (Lipinski definition) is 3. The Labute approximate surface area is 175 Å². The summed E-state index contributed by atoms with van der Waals surface area (Å²) in [6, 6.07) is 12.7. The van der Waals surface area contributed by atoms with Crippen LogP contribution in [0.25, 0.3) is 6.08 Å². The highest BCUT2D eigenvalue weighted by Gasteiger charge is 2.36. The van der Waals surface area contributed by atoms with E-state index in [1.807, 2.05) is 0 Å². The number of carbonyl (C=O) groups excluding carboxylic acids is 4. The van der Waals surface area contributed by atoms with E-state index in [0.29, 0.717) is 11.3 Å². The molecule has 2 aromatic carbocycles. The quantitative estimate of drug-likeness (QED) is 0.492. The number of thioether (sulfide) groups is 1. The number of benzene rings is 2. The number of phenols is 1. The van der Waals surface area contributed by atoms with E-state index >= 15 is 0 Å². The standard InChI is InChI=1S/C20H17N3O6S/c1-29-13-8-6-12(7-9-13)10-16-19(27)23(20(28)30-16)11-17(25)21-22-18(26)14-4-2-3-5-15(14)24/h2-10,24H,11H2,1H3,(H,21,25)(H,22,26). The smallest absolute Gasteiger partial charge is 0.294 e. The van der Waals surface area contributed by atoms with Gasteiger partial charge >= 0.3 is 0 Å². The van der Waals surface area contributed by atoms with Crippen molar-refractivity contribution >= 4 is 40.8 Å². The summed E-state index contributed by atoms with van der Waals surface area (Å²) in [5.74, 6) is -1.72. The fourth-order valence-electron chi connectivity index (χ4n) is 2.53. The lowest BCUT2D eigenvalue weighted by Gasteiger charge is -2.13. The van der Waals surface area contributed by atoms with Gasteiger partial charge in [0.2, 0.25) is 0 Å². The van der Waals surface area contributed by atoms with Crippen LogP contribution in [0.2, 0.25) is 0 Å². The minimum Gasteiger partial charge on any atom is -0.507 e. The van der Waals surface area contributed by atoms with Crippen LogP contribution >= 0.6 is 11.8 Å². The fraction of sp³-hybridized carbons (Fsp3) is 0.100.